The van der Waals surface area contributed by atoms with Gasteiger partial charge in [0.25, 0.3) is 0 Å². The number of hydrogen-bond donors (Lipinski definition) is 1. The Balaban J connectivity index is 1.51. The summed E-state index contributed by atoms with van der Waals surface area (Å²) in [7, 11) is 0. The van der Waals surface area contributed by atoms with E-state index in [4.69, 9.17) is 4.74 Å². The van der Waals surface area contributed by atoms with Crippen molar-refractivity contribution in [3.05, 3.63) is 71.8 Å². The standard InChI is InChI=1S/C21H24N2O2/c24-20(25-16-18-9-5-2-6-10-18)23(15-17-7-3-1-4-8-17)21-12-11-19(13-21)14-22-21/h1-10,19,22H,11-16H2. The van der Waals surface area contributed by atoms with Crippen molar-refractivity contribution in [3.63, 3.8) is 0 Å². The van der Waals surface area contributed by atoms with E-state index in [0.717, 1.165) is 30.5 Å². The lowest BCUT2D eigenvalue weighted by atomic mass is 10.1. The van der Waals surface area contributed by atoms with Gasteiger partial charge in [-0.2, -0.15) is 0 Å². The first-order chi connectivity index (χ1) is 12.3. The maximum Gasteiger partial charge on any atom is 0.411 e. The van der Waals surface area contributed by atoms with Crippen LogP contribution in [-0.4, -0.2) is 23.2 Å². The number of hydrogen-bond acceptors (Lipinski definition) is 3. The smallest absolute Gasteiger partial charge is 0.411 e. The number of benzene rings is 2. The van der Waals surface area contributed by atoms with Crippen LogP contribution in [0.15, 0.2) is 60.7 Å². The summed E-state index contributed by atoms with van der Waals surface area (Å²) in [6.07, 6.45) is 2.98. The Hall–Kier alpha value is -2.33. The maximum absolute atomic E-state index is 13.0. The van der Waals surface area contributed by atoms with Gasteiger partial charge in [0, 0.05) is 6.54 Å². The first-order valence-electron chi connectivity index (χ1n) is 9.02. The van der Waals surface area contributed by atoms with Gasteiger partial charge in [-0.05, 0) is 36.3 Å². The van der Waals surface area contributed by atoms with Crippen LogP contribution < -0.4 is 5.32 Å². The molecule has 1 aliphatic carbocycles. The van der Waals surface area contributed by atoms with Crippen LogP contribution in [0.2, 0.25) is 0 Å². The molecule has 4 heteroatoms. The number of nitrogens with zero attached hydrogens (tertiary/aromatic N) is 1. The Bertz CT molecular complexity index is 709. The van der Waals surface area contributed by atoms with Crippen molar-refractivity contribution in [2.45, 2.75) is 38.1 Å². The lowest BCUT2D eigenvalue weighted by Gasteiger charge is -2.39. The summed E-state index contributed by atoms with van der Waals surface area (Å²) >= 11 is 0. The number of carbonyl (C=O) groups is 1. The molecule has 2 aliphatic rings. The molecule has 0 radical (unpaired) electrons. The Morgan fingerprint density at radius 1 is 1.08 bits per heavy atom. The quantitative estimate of drug-likeness (QED) is 0.900. The third-order valence-electron chi connectivity index (χ3n) is 5.44. The lowest BCUT2D eigenvalue weighted by Crippen LogP contribution is -2.57. The molecule has 130 valence electrons. The van der Waals surface area contributed by atoms with Crippen molar-refractivity contribution in [2.75, 3.05) is 6.54 Å². The van der Waals surface area contributed by atoms with E-state index in [9.17, 15) is 4.79 Å². The molecule has 4 nitrogen and oxygen atoms in total. The van der Waals surface area contributed by atoms with Crippen LogP contribution in [0, 0.1) is 5.92 Å². The summed E-state index contributed by atoms with van der Waals surface area (Å²) in [4.78, 5) is 14.9. The van der Waals surface area contributed by atoms with E-state index in [1.165, 1.54) is 6.42 Å². The van der Waals surface area contributed by atoms with Gasteiger partial charge in [0.2, 0.25) is 0 Å². The summed E-state index contributed by atoms with van der Waals surface area (Å²) in [5, 5.41) is 3.59. The van der Waals surface area contributed by atoms with Crippen LogP contribution in [-0.2, 0) is 17.9 Å². The number of amides is 1. The van der Waals surface area contributed by atoms with E-state index in [1.54, 1.807) is 0 Å². The summed E-state index contributed by atoms with van der Waals surface area (Å²) in [5.74, 6) is 0.681. The molecule has 25 heavy (non-hydrogen) atoms. The minimum absolute atomic E-state index is 0.234. The van der Waals surface area contributed by atoms with Gasteiger partial charge in [-0.3, -0.25) is 10.2 Å². The molecule has 1 amide bonds. The van der Waals surface area contributed by atoms with E-state index in [-0.39, 0.29) is 11.8 Å². The van der Waals surface area contributed by atoms with Gasteiger partial charge in [0.05, 0.1) is 12.2 Å². The van der Waals surface area contributed by atoms with Gasteiger partial charge in [-0.1, -0.05) is 60.7 Å². The summed E-state index contributed by atoms with van der Waals surface area (Å²) in [6.45, 7) is 1.88. The van der Waals surface area contributed by atoms with Crippen LogP contribution in [0.4, 0.5) is 4.79 Å². The van der Waals surface area contributed by atoms with Crippen molar-refractivity contribution < 1.29 is 9.53 Å². The largest absolute Gasteiger partial charge is 0.444 e. The molecule has 1 saturated carbocycles. The number of fused-ring (bicyclic) bond motifs is 2. The third-order valence-corrected chi connectivity index (χ3v) is 5.44. The van der Waals surface area contributed by atoms with Gasteiger partial charge in [-0.15, -0.1) is 0 Å². The van der Waals surface area contributed by atoms with Crippen molar-refractivity contribution >= 4 is 6.09 Å². The molecule has 2 fully saturated rings. The van der Waals surface area contributed by atoms with Crippen LogP contribution in [0.5, 0.6) is 0 Å². The molecular formula is C21H24N2O2. The molecular weight excluding hydrogens is 312 g/mol. The van der Waals surface area contributed by atoms with Crippen molar-refractivity contribution in [1.82, 2.24) is 10.2 Å². The van der Waals surface area contributed by atoms with Gasteiger partial charge in [0.1, 0.15) is 6.61 Å². The average Bonchev–Trinajstić information content (AvgIpc) is 3.28. The second-order valence-corrected chi connectivity index (χ2v) is 7.13. The summed E-state index contributed by atoms with van der Waals surface area (Å²) in [6, 6.07) is 20.0. The number of piperidine rings is 1. The van der Waals surface area contributed by atoms with Crippen molar-refractivity contribution in [1.29, 1.82) is 0 Å². The van der Waals surface area contributed by atoms with Gasteiger partial charge < -0.3 is 4.74 Å². The van der Waals surface area contributed by atoms with E-state index in [0.29, 0.717) is 19.1 Å². The second-order valence-electron chi connectivity index (χ2n) is 7.13. The predicted molar refractivity (Wildman–Crippen MR) is 96.7 cm³/mol. The number of rotatable bonds is 5. The highest BCUT2D eigenvalue weighted by molar-refractivity contribution is 5.69. The van der Waals surface area contributed by atoms with Crippen LogP contribution in [0.25, 0.3) is 0 Å². The van der Waals surface area contributed by atoms with E-state index in [1.807, 2.05) is 53.4 Å². The van der Waals surface area contributed by atoms with E-state index < -0.39 is 0 Å². The zero-order chi connectivity index (χ0) is 17.1. The topological polar surface area (TPSA) is 41.6 Å². The lowest BCUT2D eigenvalue weighted by molar-refractivity contribution is 0.0328. The van der Waals surface area contributed by atoms with Crippen LogP contribution in [0.3, 0.4) is 0 Å². The highest BCUT2D eigenvalue weighted by Crippen LogP contribution is 2.43. The highest BCUT2D eigenvalue weighted by Gasteiger charge is 2.50. The van der Waals surface area contributed by atoms with Gasteiger partial charge in [0.15, 0.2) is 0 Å². The summed E-state index contributed by atoms with van der Waals surface area (Å²) in [5.41, 5.74) is 1.90. The first-order valence-corrected chi connectivity index (χ1v) is 9.02. The molecule has 2 bridgehead atoms. The molecule has 1 heterocycles. The molecule has 4 rings (SSSR count). The van der Waals surface area contributed by atoms with Crippen LogP contribution in [0.1, 0.15) is 30.4 Å². The summed E-state index contributed by atoms with van der Waals surface area (Å²) < 4.78 is 5.67. The Morgan fingerprint density at radius 3 is 2.32 bits per heavy atom. The Labute approximate surface area is 148 Å². The monoisotopic (exact) mass is 336 g/mol. The van der Waals surface area contributed by atoms with Gasteiger partial charge in [-0.25, -0.2) is 4.79 Å². The molecule has 0 aromatic heterocycles. The maximum atomic E-state index is 13.0. The number of ether oxygens (including phenoxy) is 1. The zero-order valence-electron chi connectivity index (χ0n) is 14.4. The Morgan fingerprint density at radius 2 is 1.76 bits per heavy atom. The fourth-order valence-corrected chi connectivity index (χ4v) is 4.09. The fraction of sp³-hybridized carbons (Fsp3) is 0.381. The molecule has 1 aliphatic heterocycles. The molecule has 2 aromatic carbocycles. The molecule has 2 unspecified atom stereocenters. The van der Waals surface area contributed by atoms with E-state index in [2.05, 4.69) is 17.4 Å². The van der Waals surface area contributed by atoms with Gasteiger partial charge >= 0.3 is 6.09 Å². The van der Waals surface area contributed by atoms with Crippen molar-refractivity contribution in [2.24, 2.45) is 5.92 Å². The SMILES string of the molecule is O=C(OCc1ccccc1)N(Cc1ccccc1)C12CCC(CN1)C2. The van der Waals surface area contributed by atoms with E-state index >= 15 is 0 Å². The van der Waals surface area contributed by atoms with Crippen LogP contribution >= 0.6 is 0 Å². The second kappa shape index (κ2) is 6.89. The average molecular weight is 336 g/mol. The molecule has 1 N–H and O–H groups in total. The Kier molecular flexibility index (Phi) is 4.45. The minimum Gasteiger partial charge on any atom is -0.444 e. The molecule has 2 atom stereocenters. The van der Waals surface area contributed by atoms with Crippen molar-refractivity contribution in [3.8, 4) is 0 Å². The normalized spacial score (nSPS) is 24.2. The third kappa shape index (κ3) is 3.40. The predicted octanol–water partition coefficient (Wildman–Crippen LogP) is 3.93. The molecule has 0 spiro atoms. The molecule has 1 saturated heterocycles. The number of carbonyl (C=O) groups excluding carboxylic acids is 1. The highest BCUT2D eigenvalue weighted by atomic mass is 16.6. The first kappa shape index (κ1) is 16.2. The molecule has 2 aromatic rings. The fourth-order valence-electron chi connectivity index (χ4n) is 4.09. The number of nitrogens with one attached hydrogen (secondary N) is 1. The minimum atomic E-state index is -0.242. The zero-order valence-corrected chi connectivity index (χ0v) is 14.4.